The third-order valence-electron chi connectivity index (χ3n) is 6.73. The fourth-order valence-corrected chi connectivity index (χ4v) is 4.65. The first-order valence-electron chi connectivity index (χ1n) is 11.3. The average Bonchev–Trinajstić information content (AvgIpc) is 3.44. The van der Waals surface area contributed by atoms with E-state index < -0.39 is 0 Å². The van der Waals surface area contributed by atoms with Gasteiger partial charge in [0.2, 0.25) is 0 Å². The van der Waals surface area contributed by atoms with Gasteiger partial charge in [-0.05, 0) is 54.6 Å². The number of aromatic amines is 1. The Morgan fingerprint density at radius 1 is 0.848 bits per heavy atom. The van der Waals surface area contributed by atoms with Gasteiger partial charge in [-0.3, -0.25) is 4.99 Å². The zero-order chi connectivity index (χ0) is 22.5. The zero-order valence-electron chi connectivity index (χ0n) is 18.7. The van der Waals surface area contributed by atoms with E-state index in [2.05, 4.69) is 58.2 Å². The number of nitrogen functional groups attached to an aromatic ring is 2. The Balaban J connectivity index is 1.29. The van der Waals surface area contributed by atoms with E-state index in [-0.39, 0.29) is 0 Å². The molecule has 4 aromatic rings. The first-order chi connectivity index (χ1) is 16.0. The summed E-state index contributed by atoms with van der Waals surface area (Å²) in [5, 5.41) is 0. The molecule has 7 nitrogen and oxygen atoms in total. The molecule has 0 bridgehead atoms. The maximum absolute atomic E-state index is 6.00. The lowest BCUT2D eigenvalue weighted by Gasteiger charge is -2.34. The van der Waals surface area contributed by atoms with Gasteiger partial charge in [-0.1, -0.05) is 18.2 Å². The van der Waals surface area contributed by atoms with Crippen LogP contribution in [0.4, 0.5) is 22.7 Å². The molecule has 0 atom stereocenters. The second kappa shape index (κ2) is 7.64. The number of anilines is 3. The van der Waals surface area contributed by atoms with E-state index in [4.69, 9.17) is 21.4 Å². The SMILES string of the molecule is CN1CCN(c2ccc3nc(-c4ccc5c(c4)N=C(c4ccc(N)c(N)c4)C5)[nH]c3c2)CC1. The molecule has 0 spiro atoms. The summed E-state index contributed by atoms with van der Waals surface area (Å²) >= 11 is 0. The van der Waals surface area contributed by atoms with E-state index in [1.807, 2.05) is 18.2 Å². The van der Waals surface area contributed by atoms with E-state index in [1.54, 1.807) is 0 Å². The standard InChI is InChI=1S/C26H27N7/c1-32-8-10-33(11-9-32)19-5-7-22-25(15-19)31-26(30-22)18-3-2-17-13-23(29-24(17)14-18)16-4-6-20(27)21(28)12-16/h2-7,12,14-15H,8-11,13,27-28H2,1H3,(H,30,31). The highest BCUT2D eigenvalue weighted by molar-refractivity contribution is 6.07. The summed E-state index contributed by atoms with van der Waals surface area (Å²) in [5.74, 6) is 0.865. The molecule has 6 rings (SSSR count). The molecule has 3 heterocycles. The Morgan fingerprint density at radius 2 is 1.67 bits per heavy atom. The van der Waals surface area contributed by atoms with Crippen LogP contribution < -0.4 is 16.4 Å². The van der Waals surface area contributed by atoms with E-state index in [0.717, 1.165) is 72.0 Å². The van der Waals surface area contributed by atoms with Crippen molar-refractivity contribution in [2.45, 2.75) is 6.42 Å². The van der Waals surface area contributed by atoms with Crippen LogP contribution in [0, 0.1) is 0 Å². The highest BCUT2D eigenvalue weighted by Crippen LogP contribution is 2.34. The molecule has 0 aliphatic carbocycles. The minimum absolute atomic E-state index is 0.588. The van der Waals surface area contributed by atoms with Gasteiger partial charge in [0.05, 0.1) is 33.8 Å². The minimum Gasteiger partial charge on any atom is -0.397 e. The number of nitrogens with two attached hydrogens (primary N) is 2. The molecule has 0 radical (unpaired) electrons. The number of likely N-dealkylation sites (N-methyl/N-ethyl adjacent to an activating group) is 1. The van der Waals surface area contributed by atoms with Crippen molar-refractivity contribution < 1.29 is 0 Å². The minimum atomic E-state index is 0.588. The van der Waals surface area contributed by atoms with Gasteiger partial charge in [0.25, 0.3) is 0 Å². The number of H-pyrrole nitrogens is 1. The van der Waals surface area contributed by atoms with Gasteiger partial charge < -0.3 is 26.3 Å². The van der Waals surface area contributed by atoms with Crippen LogP contribution in [0.25, 0.3) is 22.4 Å². The monoisotopic (exact) mass is 437 g/mol. The summed E-state index contributed by atoms with van der Waals surface area (Å²) < 4.78 is 0. The van der Waals surface area contributed by atoms with Crippen LogP contribution >= 0.6 is 0 Å². The Kier molecular flexibility index (Phi) is 4.58. The lowest BCUT2D eigenvalue weighted by Crippen LogP contribution is -2.44. The summed E-state index contributed by atoms with van der Waals surface area (Å²) in [6.45, 7) is 4.28. The lowest BCUT2D eigenvalue weighted by molar-refractivity contribution is 0.313. The Labute approximate surface area is 192 Å². The molecule has 166 valence electrons. The van der Waals surface area contributed by atoms with Crippen LogP contribution in [0.15, 0.2) is 59.6 Å². The zero-order valence-corrected chi connectivity index (χ0v) is 18.7. The van der Waals surface area contributed by atoms with Crippen molar-refractivity contribution in [1.82, 2.24) is 14.9 Å². The smallest absolute Gasteiger partial charge is 0.138 e. The number of piperazine rings is 1. The number of nitrogens with zero attached hydrogens (tertiary/aromatic N) is 4. The van der Waals surface area contributed by atoms with E-state index in [9.17, 15) is 0 Å². The number of aromatic nitrogens is 2. The topological polar surface area (TPSA) is 99.6 Å². The molecule has 0 saturated carbocycles. The molecule has 5 N–H and O–H groups in total. The van der Waals surface area contributed by atoms with Crippen molar-refractivity contribution in [3.63, 3.8) is 0 Å². The summed E-state index contributed by atoms with van der Waals surface area (Å²) in [6, 6.07) is 18.6. The van der Waals surface area contributed by atoms with Gasteiger partial charge in [-0.2, -0.15) is 0 Å². The number of aliphatic imine (C=N–C) groups is 1. The van der Waals surface area contributed by atoms with Crippen molar-refractivity contribution in [3.05, 3.63) is 65.7 Å². The van der Waals surface area contributed by atoms with Crippen molar-refractivity contribution in [2.24, 2.45) is 4.99 Å². The fraction of sp³-hybridized carbons (Fsp3) is 0.231. The predicted molar refractivity (Wildman–Crippen MR) is 136 cm³/mol. The Morgan fingerprint density at radius 3 is 2.48 bits per heavy atom. The average molecular weight is 438 g/mol. The van der Waals surface area contributed by atoms with Crippen LogP contribution in [0.2, 0.25) is 0 Å². The Bertz CT molecular complexity index is 1390. The highest BCUT2D eigenvalue weighted by Gasteiger charge is 2.19. The van der Waals surface area contributed by atoms with E-state index in [0.29, 0.717) is 11.4 Å². The summed E-state index contributed by atoms with van der Waals surface area (Å²) in [6.07, 6.45) is 0.785. The maximum Gasteiger partial charge on any atom is 0.138 e. The highest BCUT2D eigenvalue weighted by atomic mass is 15.2. The van der Waals surface area contributed by atoms with Crippen molar-refractivity contribution >= 4 is 39.5 Å². The molecule has 33 heavy (non-hydrogen) atoms. The van der Waals surface area contributed by atoms with Gasteiger partial charge >= 0.3 is 0 Å². The molecular weight excluding hydrogens is 410 g/mol. The molecule has 0 unspecified atom stereocenters. The second-order valence-corrected chi connectivity index (χ2v) is 9.00. The number of hydrogen-bond donors (Lipinski definition) is 3. The number of benzene rings is 3. The number of nitrogens with one attached hydrogen (secondary N) is 1. The number of rotatable bonds is 3. The van der Waals surface area contributed by atoms with Gasteiger partial charge in [0.1, 0.15) is 5.82 Å². The van der Waals surface area contributed by atoms with Crippen molar-refractivity contribution in [1.29, 1.82) is 0 Å². The van der Waals surface area contributed by atoms with Gasteiger partial charge in [-0.25, -0.2) is 4.98 Å². The summed E-state index contributed by atoms with van der Waals surface area (Å²) in [4.78, 5) is 18.1. The van der Waals surface area contributed by atoms with Crippen LogP contribution in [-0.4, -0.2) is 53.8 Å². The number of imidazole rings is 1. The molecule has 1 aromatic heterocycles. The molecule has 3 aromatic carbocycles. The Hall–Kier alpha value is -3.84. The van der Waals surface area contributed by atoms with Gasteiger partial charge in [0.15, 0.2) is 0 Å². The molecule has 1 saturated heterocycles. The second-order valence-electron chi connectivity index (χ2n) is 9.00. The van der Waals surface area contributed by atoms with E-state index in [1.165, 1.54) is 11.3 Å². The van der Waals surface area contributed by atoms with E-state index >= 15 is 0 Å². The normalized spacial score (nSPS) is 16.3. The first kappa shape index (κ1) is 19.8. The quantitative estimate of drug-likeness (QED) is 0.423. The molecule has 1 fully saturated rings. The van der Waals surface area contributed by atoms with Crippen molar-refractivity contribution in [2.75, 3.05) is 49.6 Å². The molecule has 7 heteroatoms. The number of hydrogen-bond acceptors (Lipinski definition) is 6. The summed E-state index contributed by atoms with van der Waals surface area (Å²) in [5.41, 5.74) is 21.6. The summed E-state index contributed by atoms with van der Waals surface area (Å²) in [7, 11) is 2.18. The van der Waals surface area contributed by atoms with Gasteiger partial charge in [0, 0.05) is 43.9 Å². The lowest BCUT2D eigenvalue weighted by atomic mass is 10.0. The first-order valence-corrected chi connectivity index (χ1v) is 11.3. The predicted octanol–water partition coefficient (Wildman–Crippen LogP) is 3.82. The third-order valence-corrected chi connectivity index (χ3v) is 6.73. The van der Waals surface area contributed by atoms with Crippen LogP contribution in [0.5, 0.6) is 0 Å². The largest absolute Gasteiger partial charge is 0.397 e. The third kappa shape index (κ3) is 3.60. The van der Waals surface area contributed by atoms with Crippen LogP contribution in [-0.2, 0) is 6.42 Å². The van der Waals surface area contributed by atoms with Crippen molar-refractivity contribution in [3.8, 4) is 11.4 Å². The maximum atomic E-state index is 6.00. The molecule has 2 aliphatic heterocycles. The van der Waals surface area contributed by atoms with Crippen LogP contribution in [0.3, 0.4) is 0 Å². The molecule has 2 aliphatic rings. The fourth-order valence-electron chi connectivity index (χ4n) is 4.65. The van der Waals surface area contributed by atoms with Crippen LogP contribution in [0.1, 0.15) is 11.1 Å². The number of fused-ring (bicyclic) bond motifs is 2. The molecule has 0 amide bonds. The molecular formula is C26H27N7. The van der Waals surface area contributed by atoms with Gasteiger partial charge in [-0.15, -0.1) is 0 Å².